The van der Waals surface area contributed by atoms with Crippen molar-refractivity contribution in [2.45, 2.75) is 115 Å². The SMILES string of the molecule is CCCCCCCCCCCC=CCCCCCC(CCN)[Si](OC)(OC)OC. The van der Waals surface area contributed by atoms with E-state index in [2.05, 4.69) is 19.1 Å². The molecule has 0 aliphatic rings. The van der Waals surface area contributed by atoms with Crippen molar-refractivity contribution in [3.8, 4) is 0 Å². The summed E-state index contributed by atoms with van der Waals surface area (Å²) >= 11 is 0. The van der Waals surface area contributed by atoms with Gasteiger partial charge < -0.3 is 19.0 Å². The van der Waals surface area contributed by atoms with Gasteiger partial charge in [-0.2, -0.15) is 0 Å². The van der Waals surface area contributed by atoms with Crippen molar-refractivity contribution >= 4 is 8.80 Å². The van der Waals surface area contributed by atoms with Gasteiger partial charge in [0.15, 0.2) is 0 Å². The van der Waals surface area contributed by atoms with E-state index in [1.165, 1.54) is 89.9 Å². The van der Waals surface area contributed by atoms with Gasteiger partial charge in [0.2, 0.25) is 0 Å². The fourth-order valence-corrected chi connectivity index (χ4v) is 6.67. The summed E-state index contributed by atoms with van der Waals surface area (Å²) in [5, 5.41) is 0. The zero-order valence-electron chi connectivity index (χ0n) is 20.1. The molecule has 0 fully saturated rings. The summed E-state index contributed by atoms with van der Waals surface area (Å²) in [4.78, 5) is 0. The van der Waals surface area contributed by atoms with E-state index in [-0.39, 0.29) is 0 Å². The van der Waals surface area contributed by atoms with E-state index < -0.39 is 8.80 Å². The number of rotatable bonds is 22. The van der Waals surface area contributed by atoms with Crippen molar-refractivity contribution in [3.05, 3.63) is 12.2 Å². The van der Waals surface area contributed by atoms with Gasteiger partial charge in [-0.25, -0.2) is 0 Å². The van der Waals surface area contributed by atoms with Crippen molar-refractivity contribution < 1.29 is 13.3 Å². The molecule has 0 aromatic carbocycles. The van der Waals surface area contributed by atoms with Crippen LogP contribution in [0.1, 0.15) is 110 Å². The quantitative estimate of drug-likeness (QED) is 0.114. The zero-order chi connectivity index (χ0) is 21.6. The average molecular weight is 430 g/mol. The normalized spacial score (nSPS) is 13.4. The minimum Gasteiger partial charge on any atom is -0.377 e. The highest BCUT2D eigenvalue weighted by atomic mass is 28.4. The van der Waals surface area contributed by atoms with Gasteiger partial charge in [-0.05, 0) is 45.1 Å². The van der Waals surface area contributed by atoms with E-state index in [9.17, 15) is 0 Å². The van der Waals surface area contributed by atoms with Gasteiger partial charge in [-0.1, -0.05) is 83.3 Å². The van der Waals surface area contributed by atoms with Gasteiger partial charge in [0.1, 0.15) is 0 Å². The zero-order valence-corrected chi connectivity index (χ0v) is 21.1. The topological polar surface area (TPSA) is 53.7 Å². The molecule has 0 rings (SSSR count). The minimum atomic E-state index is -2.57. The van der Waals surface area contributed by atoms with Gasteiger partial charge in [-0.15, -0.1) is 0 Å². The lowest BCUT2D eigenvalue weighted by atomic mass is 10.1. The highest BCUT2D eigenvalue weighted by Gasteiger charge is 2.46. The van der Waals surface area contributed by atoms with Crippen LogP contribution in [0.4, 0.5) is 0 Å². The molecule has 2 N–H and O–H groups in total. The lowest BCUT2D eigenvalue weighted by molar-refractivity contribution is 0.108. The van der Waals surface area contributed by atoms with Gasteiger partial charge in [-0.3, -0.25) is 0 Å². The highest BCUT2D eigenvalue weighted by Crippen LogP contribution is 2.32. The molecule has 0 spiro atoms. The molecule has 1 unspecified atom stereocenters. The van der Waals surface area contributed by atoms with Crippen LogP contribution in [0.2, 0.25) is 5.54 Å². The molecule has 0 saturated carbocycles. The second-order valence-electron chi connectivity index (χ2n) is 8.22. The Bertz CT molecular complexity index is 354. The van der Waals surface area contributed by atoms with Crippen LogP contribution in [0, 0.1) is 0 Å². The molecule has 29 heavy (non-hydrogen) atoms. The van der Waals surface area contributed by atoms with Gasteiger partial charge in [0.25, 0.3) is 0 Å². The third kappa shape index (κ3) is 14.4. The molecule has 0 aliphatic carbocycles. The lowest BCUT2D eigenvalue weighted by Crippen LogP contribution is -2.48. The van der Waals surface area contributed by atoms with E-state index in [1.54, 1.807) is 21.3 Å². The summed E-state index contributed by atoms with van der Waals surface area (Å²) in [5.74, 6) is 0. The largest absolute Gasteiger partial charge is 0.503 e. The standard InChI is InChI=1S/C24H51NO3Si/c1-5-6-7-8-9-10-11-12-13-14-15-16-17-18-19-20-21-24(22-23-25)29(26-2,27-3)28-4/h15-16,24H,5-14,17-23,25H2,1-4H3. The molecule has 5 heteroatoms. The Labute approximate surface area is 183 Å². The first-order chi connectivity index (χ1) is 14.2. The predicted molar refractivity (Wildman–Crippen MR) is 128 cm³/mol. The maximum atomic E-state index is 5.80. The maximum Gasteiger partial charge on any atom is 0.503 e. The average Bonchev–Trinajstić information content (AvgIpc) is 2.75. The first kappa shape index (κ1) is 28.8. The lowest BCUT2D eigenvalue weighted by Gasteiger charge is -2.32. The van der Waals surface area contributed by atoms with Crippen molar-refractivity contribution in [2.75, 3.05) is 27.9 Å². The van der Waals surface area contributed by atoms with Crippen LogP contribution in [-0.2, 0) is 13.3 Å². The van der Waals surface area contributed by atoms with Crippen LogP contribution >= 0.6 is 0 Å². The van der Waals surface area contributed by atoms with Gasteiger partial charge >= 0.3 is 8.80 Å². The second kappa shape index (κ2) is 21.0. The number of unbranched alkanes of at least 4 members (excludes halogenated alkanes) is 12. The van der Waals surface area contributed by atoms with E-state index in [1.807, 2.05) is 0 Å². The first-order valence-electron chi connectivity index (χ1n) is 12.2. The summed E-state index contributed by atoms with van der Waals surface area (Å²) in [6, 6.07) is 0. The fourth-order valence-electron chi connectivity index (χ4n) is 4.09. The summed E-state index contributed by atoms with van der Waals surface area (Å²) in [6.07, 6.45) is 25.5. The molecule has 0 heterocycles. The number of allylic oxidation sites excluding steroid dienone is 2. The monoisotopic (exact) mass is 429 g/mol. The molecule has 4 nitrogen and oxygen atoms in total. The van der Waals surface area contributed by atoms with E-state index >= 15 is 0 Å². The van der Waals surface area contributed by atoms with E-state index in [0.717, 1.165) is 12.8 Å². The molecular formula is C24H51NO3Si. The smallest absolute Gasteiger partial charge is 0.377 e. The molecule has 0 aliphatic heterocycles. The second-order valence-corrected chi connectivity index (χ2v) is 11.5. The van der Waals surface area contributed by atoms with Crippen molar-refractivity contribution in [1.29, 1.82) is 0 Å². The molecule has 0 saturated heterocycles. The maximum absolute atomic E-state index is 5.80. The Morgan fingerprint density at radius 3 is 1.55 bits per heavy atom. The Hall–Kier alpha value is -0.203. The predicted octanol–water partition coefficient (Wildman–Crippen LogP) is 7.01. The third-order valence-corrected chi connectivity index (χ3v) is 9.22. The number of nitrogens with two attached hydrogens (primary N) is 1. The van der Waals surface area contributed by atoms with Gasteiger partial charge in [0.05, 0.1) is 0 Å². The minimum absolute atomic E-state index is 0.301. The molecular weight excluding hydrogens is 378 g/mol. The van der Waals surface area contributed by atoms with Crippen molar-refractivity contribution in [2.24, 2.45) is 5.73 Å². The van der Waals surface area contributed by atoms with Crippen molar-refractivity contribution in [3.63, 3.8) is 0 Å². The molecule has 174 valence electrons. The molecule has 0 aromatic heterocycles. The molecule has 0 radical (unpaired) electrons. The van der Waals surface area contributed by atoms with E-state index in [4.69, 9.17) is 19.0 Å². The van der Waals surface area contributed by atoms with Crippen LogP contribution in [0.5, 0.6) is 0 Å². The highest BCUT2D eigenvalue weighted by molar-refractivity contribution is 6.62. The van der Waals surface area contributed by atoms with Crippen LogP contribution < -0.4 is 5.73 Å². The molecule has 1 atom stereocenters. The number of hydrogen-bond acceptors (Lipinski definition) is 4. The summed E-state index contributed by atoms with van der Waals surface area (Å²) < 4.78 is 17.0. The summed E-state index contributed by atoms with van der Waals surface area (Å²) in [6.45, 7) is 2.93. The Balaban J connectivity index is 3.67. The van der Waals surface area contributed by atoms with Crippen LogP contribution in [0.3, 0.4) is 0 Å². The number of hydrogen-bond donors (Lipinski definition) is 1. The Kier molecular flexibility index (Phi) is 20.9. The molecule has 0 bridgehead atoms. The van der Waals surface area contributed by atoms with E-state index in [0.29, 0.717) is 12.1 Å². The van der Waals surface area contributed by atoms with Crippen LogP contribution in [-0.4, -0.2) is 36.7 Å². The summed E-state index contributed by atoms with van der Waals surface area (Å²) in [5.41, 5.74) is 6.10. The molecule has 0 aromatic rings. The Morgan fingerprint density at radius 1 is 0.655 bits per heavy atom. The van der Waals surface area contributed by atoms with Crippen molar-refractivity contribution in [1.82, 2.24) is 0 Å². The van der Waals surface area contributed by atoms with Crippen LogP contribution in [0.25, 0.3) is 0 Å². The first-order valence-corrected chi connectivity index (χ1v) is 14.0. The fraction of sp³-hybridized carbons (Fsp3) is 0.917. The third-order valence-electron chi connectivity index (χ3n) is 5.93. The summed E-state index contributed by atoms with van der Waals surface area (Å²) in [7, 11) is 2.52. The van der Waals surface area contributed by atoms with Crippen LogP contribution in [0.15, 0.2) is 12.2 Å². The molecule has 0 amide bonds. The Morgan fingerprint density at radius 2 is 1.10 bits per heavy atom. The van der Waals surface area contributed by atoms with Gasteiger partial charge in [0, 0.05) is 26.9 Å².